The van der Waals surface area contributed by atoms with Crippen LogP contribution in [0, 0.1) is 0 Å². The van der Waals surface area contributed by atoms with Gasteiger partial charge in [0.05, 0.1) is 0 Å². The van der Waals surface area contributed by atoms with Gasteiger partial charge in [0.1, 0.15) is 0 Å². The Balaban J connectivity index is 2.19. The predicted octanol–water partition coefficient (Wildman–Crippen LogP) is 6.29. The summed E-state index contributed by atoms with van der Waals surface area (Å²) in [7, 11) is -0.338. The second-order valence-corrected chi connectivity index (χ2v) is 9.69. The Morgan fingerprint density at radius 1 is 0.500 bits per heavy atom. The first kappa shape index (κ1) is 15.8. The highest BCUT2D eigenvalue weighted by molar-refractivity contribution is 7.64. The molecule has 0 nitrogen and oxygen atoms in total. The molecule has 3 rings (SSSR count). The van der Waals surface area contributed by atoms with Crippen molar-refractivity contribution in [2.24, 2.45) is 0 Å². The molecular formula is C21H27P. The van der Waals surface area contributed by atoms with Crippen molar-refractivity contribution in [3.05, 3.63) is 72.9 Å². The molecule has 0 saturated heterocycles. The zero-order valence-corrected chi connectivity index (χ0v) is 14.9. The fourth-order valence-corrected chi connectivity index (χ4v) is 8.98. The predicted molar refractivity (Wildman–Crippen MR) is 101 cm³/mol. The summed E-state index contributed by atoms with van der Waals surface area (Å²) in [5.41, 5.74) is 0. The molecule has 3 aliphatic carbocycles. The van der Waals surface area contributed by atoms with Crippen LogP contribution in [0.25, 0.3) is 0 Å². The Kier molecular flexibility index (Phi) is 4.17. The van der Waals surface area contributed by atoms with Crippen LogP contribution in [0.4, 0.5) is 0 Å². The first-order valence-corrected chi connectivity index (χ1v) is 9.93. The van der Waals surface area contributed by atoms with Crippen molar-refractivity contribution in [1.29, 1.82) is 0 Å². The minimum Gasteiger partial charge on any atom is -0.0702 e. The van der Waals surface area contributed by atoms with Gasteiger partial charge in [0.2, 0.25) is 0 Å². The van der Waals surface area contributed by atoms with Crippen LogP contribution in [0.15, 0.2) is 72.9 Å². The van der Waals surface area contributed by atoms with Gasteiger partial charge >= 0.3 is 0 Å². The van der Waals surface area contributed by atoms with Gasteiger partial charge in [-0.25, -0.2) is 0 Å². The van der Waals surface area contributed by atoms with Crippen LogP contribution in [0.1, 0.15) is 40.0 Å². The summed E-state index contributed by atoms with van der Waals surface area (Å²) in [5, 5.41) is 0.623. The van der Waals surface area contributed by atoms with Crippen molar-refractivity contribution in [3.63, 3.8) is 0 Å². The molecule has 0 aromatic carbocycles. The molecule has 22 heavy (non-hydrogen) atoms. The lowest BCUT2D eigenvalue weighted by Crippen LogP contribution is -2.41. The monoisotopic (exact) mass is 310 g/mol. The lowest BCUT2D eigenvalue weighted by molar-refractivity contribution is 0.702. The highest BCUT2D eigenvalue weighted by Crippen LogP contribution is 2.74. The molecule has 0 amide bonds. The van der Waals surface area contributed by atoms with Gasteiger partial charge in [-0.3, -0.25) is 0 Å². The van der Waals surface area contributed by atoms with Gasteiger partial charge in [0.25, 0.3) is 0 Å². The quantitative estimate of drug-likeness (QED) is 0.505. The van der Waals surface area contributed by atoms with E-state index in [4.69, 9.17) is 0 Å². The van der Waals surface area contributed by atoms with Crippen LogP contribution in [0.5, 0.6) is 0 Å². The summed E-state index contributed by atoms with van der Waals surface area (Å²) in [6.07, 6.45) is 32.0. The maximum absolute atomic E-state index is 2.48. The smallest absolute Gasteiger partial charge is 0.0287 e. The summed E-state index contributed by atoms with van der Waals surface area (Å²) in [5.74, 6) is 0. The highest BCUT2D eigenvalue weighted by atomic mass is 31.1. The minimum absolute atomic E-state index is 0.208. The molecule has 0 aromatic rings. The molecule has 0 bridgehead atoms. The van der Waals surface area contributed by atoms with Crippen molar-refractivity contribution in [2.45, 2.75) is 55.5 Å². The zero-order chi connectivity index (χ0) is 15.7. The molecule has 0 aromatic heterocycles. The Morgan fingerprint density at radius 3 is 0.909 bits per heavy atom. The Bertz CT molecular complexity index is 476. The van der Waals surface area contributed by atoms with Crippen LogP contribution in [0.2, 0.25) is 0 Å². The van der Waals surface area contributed by atoms with Crippen molar-refractivity contribution in [2.75, 3.05) is 0 Å². The van der Waals surface area contributed by atoms with E-state index in [1.807, 2.05) is 0 Å². The summed E-state index contributed by atoms with van der Waals surface area (Å²) in [6, 6.07) is 0. The first-order chi connectivity index (χ1) is 10.7. The lowest BCUT2D eigenvalue weighted by atomic mass is 10.1. The zero-order valence-electron chi connectivity index (χ0n) is 14.0. The molecule has 0 saturated carbocycles. The van der Waals surface area contributed by atoms with Gasteiger partial charge in [0.15, 0.2) is 0 Å². The van der Waals surface area contributed by atoms with Crippen molar-refractivity contribution >= 4 is 7.92 Å². The maximum Gasteiger partial charge on any atom is 0.0287 e. The lowest BCUT2D eigenvalue weighted by Gasteiger charge is -2.53. The van der Waals surface area contributed by atoms with Gasteiger partial charge < -0.3 is 0 Å². The van der Waals surface area contributed by atoms with Crippen LogP contribution >= 0.6 is 7.92 Å². The fraction of sp³-hybridized carbons (Fsp3) is 0.429. The van der Waals surface area contributed by atoms with E-state index in [1.165, 1.54) is 19.3 Å². The molecule has 0 heterocycles. The normalized spacial score (nSPS) is 25.1. The topological polar surface area (TPSA) is 0 Å². The molecule has 0 radical (unpaired) electrons. The standard InChI is InChI=1S/C21H27P/c1-4-19(13-7-8-14-19)22(20(5-2)15-9-10-16-20)21(6-3)17-11-12-18-21/h7-18H,4-6H2,1-3H3. The molecular weight excluding hydrogens is 283 g/mol. The minimum atomic E-state index is -0.338. The van der Waals surface area contributed by atoms with E-state index in [-0.39, 0.29) is 23.4 Å². The number of rotatable bonds is 6. The Labute approximate surface area is 136 Å². The fourth-order valence-electron chi connectivity index (χ4n) is 4.29. The summed E-state index contributed by atoms with van der Waals surface area (Å²) < 4.78 is 0. The van der Waals surface area contributed by atoms with E-state index in [0.29, 0.717) is 0 Å². The van der Waals surface area contributed by atoms with Crippen LogP contribution in [0.3, 0.4) is 0 Å². The number of allylic oxidation sites excluding steroid dienone is 12. The van der Waals surface area contributed by atoms with E-state index in [1.54, 1.807) is 0 Å². The van der Waals surface area contributed by atoms with Crippen LogP contribution in [-0.2, 0) is 0 Å². The molecule has 0 atom stereocenters. The third kappa shape index (κ3) is 2.16. The molecule has 116 valence electrons. The van der Waals surface area contributed by atoms with E-state index >= 15 is 0 Å². The van der Waals surface area contributed by atoms with E-state index in [2.05, 4.69) is 93.7 Å². The van der Waals surface area contributed by atoms with Gasteiger partial charge in [-0.15, -0.1) is 0 Å². The van der Waals surface area contributed by atoms with E-state index < -0.39 is 0 Å². The number of hydrogen-bond donors (Lipinski definition) is 0. The van der Waals surface area contributed by atoms with Gasteiger partial charge in [-0.2, -0.15) is 0 Å². The van der Waals surface area contributed by atoms with E-state index in [9.17, 15) is 0 Å². The molecule has 0 spiro atoms. The van der Waals surface area contributed by atoms with Gasteiger partial charge in [-0.1, -0.05) is 102 Å². The van der Waals surface area contributed by atoms with Crippen molar-refractivity contribution in [3.8, 4) is 0 Å². The van der Waals surface area contributed by atoms with Gasteiger partial charge in [0, 0.05) is 15.5 Å². The van der Waals surface area contributed by atoms with Crippen molar-refractivity contribution in [1.82, 2.24) is 0 Å². The van der Waals surface area contributed by atoms with Crippen LogP contribution < -0.4 is 0 Å². The highest BCUT2D eigenvalue weighted by Gasteiger charge is 2.54. The second kappa shape index (κ2) is 5.82. The average Bonchev–Trinajstić information content (AvgIpc) is 3.30. The van der Waals surface area contributed by atoms with Crippen molar-refractivity contribution < 1.29 is 0 Å². The molecule has 1 heteroatoms. The maximum atomic E-state index is 2.48. The second-order valence-electron chi connectivity index (χ2n) is 6.52. The van der Waals surface area contributed by atoms with E-state index in [0.717, 1.165) is 0 Å². The third-order valence-electron chi connectivity index (χ3n) is 5.59. The summed E-state index contributed by atoms with van der Waals surface area (Å²) >= 11 is 0. The summed E-state index contributed by atoms with van der Waals surface area (Å²) in [4.78, 5) is 0. The largest absolute Gasteiger partial charge is 0.0702 e. The molecule has 0 aliphatic heterocycles. The molecule has 0 unspecified atom stereocenters. The summed E-state index contributed by atoms with van der Waals surface area (Å²) in [6.45, 7) is 7.06. The SMILES string of the molecule is CCC1(P(C2(CC)C=CC=C2)C2(CC)C=CC=C2)C=CC=C1. The average molecular weight is 310 g/mol. The van der Waals surface area contributed by atoms with Gasteiger partial charge in [-0.05, 0) is 19.3 Å². The molecule has 0 fully saturated rings. The van der Waals surface area contributed by atoms with Crippen LogP contribution in [-0.4, -0.2) is 15.5 Å². The molecule has 3 aliphatic rings. The first-order valence-electron chi connectivity index (χ1n) is 8.58. The third-order valence-corrected chi connectivity index (χ3v) is 9.93. The Morgan fingerprint density at radius 2 is 0.727 bits per heavy atom. The molecule has 0 N–H and O–H groups in total. The Hall–Kier alpha value is -1.13. The number of hydrogen-bond acceptors (Lipinski definition) is 0.